The van der Waals surface area contributed by atoms with Crippen molar-refractivity contribution in [2.45, 2.75) is 85.2 Å². The SMILES string of the molecule is CCC(CC)OC1=CCC=CC=C1.CCCC1=C(Cc2ccc(C3=CC=CC=CC3/C(=N/O)NC=O)cc2)CC(=O)N(C)C(CC)=N1. The summed E-state index contributed by atoms with van der Waals surface area (Å²) in [6.45, 7) is 8.47. The number of benzene rings is 1. The van der Waals surface area contributed by atoms with Crippen LogP contribution in [-0.4, -0.2) is 47.2 Å². The number of rotatable bonds is 12. The van der Waals surface area contributed by atoms with Gasteiger partial charge in [-0.05, 0) is 66.5 Å². The van der Waals surface area contributed by atoms with Crippen LogP contribution in [0.4, 0.5) is 0 Å². The highest BCUT2D eigenvalue weighted by Crippen LogP contribution is 2.30. The van der Waals surface area contributed by atoms with E-state index >= 15 is 0 Å². The molecule has 250 valence electrons. The molecule has 4 rings (SSSR count). The molecule has 0 radical (unpaired) electrons. The number of amides is 2. The molecule has 0 saturated heterocycles. The van der Waals surface area contributed by atoms with Crippen LogP contribution in [0, 0.1) is 5.92 Å². The van der Waals surface area contributed by atoms with Crippen LogP contribution >= 0.6 is 0 Å². The van der Waals surface area contributed by atoms with Crippen molar-refractivity contribution in [1.82, 2.24) is 10.2 Å². The number of nitrogens with zero attached hydrogens (tertiary/aromatic N) is 3. The van der Waals surface area contributed by atoms with Crippen molar-refractivity contribution in [2.24, 2.45) is 16.1 Å². The number of carbonyl (C=O) groups excluding carboxylic acids is 2. The fourth-order valence-corrected chi connectivity index (χ4v) is 5.52. The van der Waals surface area contributed by atoms with E-state index in [2.05, 4.69) is 61.6 Å². The second-order valence-electron chi connectivity index (χ2n) is 11.5. The molecular weight excluding hydrogens is 588 g/mol. The zero-order valence-electron chi connectivity index (χ0n) is 28.5. The van der Waals surface area contributed by atoms with Crippen LogP contribution in [0.25, 0.3) is 5.57 Å². The first-order chi connectivity index (χ1) is 22.9. The van der Waals surface area contributed by atoms with Crippen LogP contribution in [0.3, 0.4) is 0 Å². The van der Waals surface area contributed by atoms with E-state index in [0.717, 1.165) is 71.7 Å². The third-order valence-corrected chi connectivity index (χ3v) is 8.23. The zero-order valence-corrected chi connectivity index (χ0v) is 28.5. The molecule has 2 amide bonds. The van der Waals surface area contributed by atoms with E-state index in [9.17, 15) is 14.8 Å². The first-order valence-corrected chi connectivity index (χ1v) is 16.7. The van der Waals surface area contributed by atoms with Gasteiger partial charge in [0.05, 0.1) is 18.4 Å². The Morgan fingerprint density at radius 2 is 1.87 bits per heavy atom. The molecule has 1 aromatic rings. The summed E-state index contributed by atoms with van der Waals surface area (Å²) < 4.78 is 5.80. The maximum Gasteiger partial charge on any atom is 0.231 e. The Morgan fingerprint density at radius 3 is 2.53 bits per heavy atom. The molecule has 0 spiro atoms. The molecule has 47 heavy (non-hydrogen) atoms. The summed E-state index contributed by atoms with van der Waals surface area (Å²) in [6.07, 6.45) is 27.4. The van der Waals surface area contributed by atoms with Crippen molar-refractivity contribution >= 4 is 29.6 Å². The van der Waals surface area contributed by atoms with Gasteiger partial charge < -0.3 is 20.2 Å². The second kappa shape index (κ2) is 19.7. The molecule has 0 bridgehead atoms. The van der Waals surface area contributed by atoms with E-state index in [1.54, 1.807) is 11.9 Å². The van der Waals surface area contributed by atoms with E-state index in [0.29, 0.717) is 31.8 Å². The number of ether oxygens (including phenoxy) is 1. The number of hydrogen-bond acceptors (Lipinski definition) is 6. The Labute approximate surface area is 280 Å². The van der Waals surface area contributed by atoms with E-state index in [-0.39, 0.29) is 11.7 Å². The summed E-state index contributed by atoms with van der Waals surface area (Å²) in [5, 5.41) is 15.2. The first kappa shape index (κ1) is 36.7. The molecule has 8 heteroatoms. The summed E-state index contributed by atoms with van der Waals surface area (Å²) in [4.78, 5) is 30.2. The lowest BCUT2D eigenvalue weighted by atomic mass is 9.89. The quantitative estimate of drug-likeness (QED) is 0.0792. The Morgan fingerprint density at radius 1 is 1.11 bits per heavy atom. The van der Waals surface area contributed by atoms with Crippen LogP contribution in [0.2, 0.25) is 0 Å². The van der Waals surface area contributed by atoms with Gasteiger partial charge in [-0.1, -0.05) is 112 Å². The monoisotopic (exact) mass is 638 g/mol. The van der Waals surface area contributed by atoms with Crippen LogP contribution in [0.5, 0.6) is 0 Å². The lowest BCUT2D eigenvalue weighted by molar-refractivity contribution is -0.125. The third-order valence-electron chi connectivity index (χ3n) is 8.23. The van der Waals surface area contributed by atoms with Gasteiger partial charge in [-0.2, -0.15) is 0 Å². The summed E-state index contributed by atoms with van der Waals surface area (Å²) in [5.41, 5.74) is 5.03. The standard InChI is InChI=1S/C27H32N4O3.C12H18O/c1-4-9-24-21(17-26(33)31(3)25(5-2)29-24)16-19-12-14-20(15-13-19)22-10-7-6-8-11-23(22)27(30-34)28-18-32;1-3-11(4-2)13-12-9-7-5-6-8-10-12/h6-8,10-15,18,23,34H,4-5,9,16-17H2,1-3H3,(H,28,30,32);5-7,9-11H,3-4,8H2,1-2H3. The van der Waals surface area contributed by atoms with Crippen molar-refractivity contribution in [3.05, 3.63) is 113 Å². The molecule has 1 heterocycles. The van der Waals surface area contributed by atoms with Gasteiger partial charge in [0.2, 0.25) is 12.3 Å². The van der Waals surface area contributed by atoms with Gasteiger partial charge in [0.25, 0.3) is 0 Å². The van der Waals surface area contributed by atoms with Crippen LogP contribution in [0.15, 0.2) is 112 Å². The Balaban J connectivity index is 0.000000386. The van der Waals surface area contributed by atoms with E-state index in [1.807, 2.05) is 61.6 Å². The largest absolute Gasteiger partial charge is 0.491 e. The molecule has 8 nitrogen and oxygen atoms in total. The third kappa shape index (κ3) is 10.9. The predicted molar refractivity (Wildman–Crippen MR) is 192 cm³/mol. The first-order valence-electron chi connectivity index (χ1n) is 16.7. The number of oxime groups is 1. The highest BCUT2D eigenvalue weighted by atomic mass is 16.5. The Hall–Kier alpha value is -4.72. The number of allylic oxidation sites excluding steroid dienone is 10. The van der Waals surface area contributed by atoms with Crippen molar-refractivity contribution in [2.75, 3.05) is 7.05 Å². The van der Waals surface area contributed by atoms with Gasteiger partial charge in [-0.3, -0.25) is 9.59 Å². The average molecular weight is 639 g/mol. The molecule has 0 saturated carbocycles. The molecule has 0 aromatic heterocycles. The van der Waals surface area contributed by atoms with Crippen LogP contribution in [-0.2, 0) is 20.7 Å². The smallest absolute Gasteiger partial charge is 0.231 e. The molecule has 1 aliphatic heterocycles. The minimum Gasteiger partial charge on any atom is -0.491 e. The van der Waals surface area contributed by atoms with Crippen molar-refractivity contribution in [3.63, 3.8) is 0 Å². The van der Waals surface area contributed by atoms with Gasteiger partial charge in [-0.25, -0.2) is 4.99 Å². The van der Waals surface area contributed by atoms with Crippen LogP contribution < -0.4 is 5.32 Å². The number of aliphatic imine (C=N–C) groups is 1. The molecule has 1 unspecified atom stereocenters. The highest BCUT2D eigenvalue weighted by molar-refractivity contribution is 6.02. The summed E-state index contributed by atoms with van der Waals surface area (Å²) >= 11 is 0. The van der Waals surface area contributed by atoms with Gasteiger partial charge >= 0.3 is 0 Å². The normalized spacial score (nSPS) is 18.0. The maximum absolute atomic E-state index is 12.7. The Bertz CT molecular complexity index is 1480. The molecular formula is C39H50N4O4. The van der Waals surface area contributed by atoms with Gasteiger partial charge in [-0.15, -0.1) is 0 Å². The zero-order chi connectivity index (χ0) is 34.0. The van der Waals surface area contributed by atoms with Gasteiger partial charge in [0.15, 0.2) is 5.84 Å². The van der Waals surface area contributed by atoms with Crippen molar-refractivity contribution in [1.29, 1.82) is 0 Å². The highest BCUT2D eigenvalue weighted by Gasteiger charge is 2.23. The average Bonchev–Trinajstić information content (AvgIpc) is 3.54. The van der Waals surface area contributed by atoms with E-state index in [1.165, 1.54) is 0 Å². The van der Waals surface area contributed by atoms with Crippen molar-refractivity contribution < 1.29 is 19.5 Å². The number of hydrogen-bond donors (Lipinski definition) is 2. The maximum atomic E-state index is 12.7. The molecule has 2 aliphatic carbocycles. The van der Waals surface area contributed by atoms with Crippen molar-refractivity contribution in [3.8, 4) is 0 Å². The number of carbonyl (C=O) groups is 2. The molecule has 3 aliphatic rings. The molecule has 0 fully saturated rings. The second-order valence-corrected chi connectivity index (χ2v) is 11.5. The number of amidine groups is 2. The minimum absolute atomic E-state index is 0.0712. The predicted octanol–water partition coefficient (Wildman–Crippen LogP) is 8.20. The summed E-state index contributed by atoms with van der Waals surface area (Å²) in [6, 6.07) is 8.13. The lowest BCUT2D eigenvalue weighted by Gasteiger charge is -2.18. The fourth-order valence-electron chi connectivity index (χ4n) is 5.52. The van der Waals surface area contributed by atoms with E-state index in [4.69, 9.17) is 9.73 Å². The Kier molecular flexibility index (Phi) is 15.4. The molecule has 1 aromatic carbocycles. The fraction of sp³-hybridized carbons (Fsp3) is 0.385. The van der Waals surface area contributed by atoms with Gasteiger partial charge in [0, 0.05) is 19.2 Å². The summed E-state index contributed by atoms with van der Waals surface area (Å²) in [7, 11) is 1.80. The van der Waals surface area contributed by atoms with E-state index < -0.39 is 5.92 Å². The molecule has 2 N–H and O–H groups in total. The minimum atomic E-state index is -0.397. The van der Waals surface area contributed by atoms with Gasteiger partial charge in [0.1, 0.15) is 11.6 Å². The lowest BCUT2D eigenvalue weighted by Crippen LogP contribution is -2.31. The summed E-state index contributed by atoms with van der Waals surface area (Å²) in [5.74, 6) is 1.66. The molecule has 1 atom stereocenters. The topological polar surface area (TPSA) is 104 Å². The van der Waals surface area contributed by atoms with Crippen LogP contribution in [0.1, 0.15) is 83.8 Å². The number of nitrogens with one attached hydrogen (secondary N) is 1.